The Morgan fingerprint density at radius 2 is 2.00 bits per heavy atom. The summed E-state index contributed by atoms with van der Waals surface area (Å²) in [6.45, 7) is 0. The summed E-state index contributed by atoms with van der Waals surface area (Å²) >= 11 is 0. The van der Waals surface area contributed by atoms with Gasteiger partial charge in [0.25, 0.3) is 0 Å². The molecule has 0 fully saturated rings. The Bertz CT molecular complexity index is 1150. The first-order valence-electron chi connectivity index (χ1n) is 9.62. The summed E-state index contributed by atoms with van der Waals surface area (Å²) in [6, 6.07) is 9.90. The molecule has 0 atom stereocenters. The van der Waals surface area contributed by atoms with E-state index in [1.165, 1.54) is 12.5 Å². The van der Waals surface area contributed by atoms with Crippen LogP contribution < -0.4 is 0 Å². The number of imidazole rings is 1. The molecule has 31 heavy (non-hydrogen) atoms. The maximum atomic E-state index is 9.19. The van der Waals surface area contributed by atoms with Crippen molar-refractivity contribution in [2.24, 2.45) is 9.98 Å². The minimum Gasteiger partial charge on any atom is -0.471 e. The van der Waals surface area contributed by atoms with Crippen LogP contribution in [0.4, 0.5) is 5.69 Å². The summed E-state index contributed by atoms with van der Waals surface area (Å²) in [5.74, 6) is 0. The van der Waals surface area contributed by atoms with Crippen molar-refractivity contribution in [2.75, 3.05) is 0 Å². The Hall–Kier alpha value is -4.50. The zero-order chi connectivity index (χ0) is 21.6. The van der Waals surface area contributed by atoms with E-state index in [1.54, 1.807) is 43.2 Å². The SMILES string of the molecule is N#CC1=COC=CC=CCC=Nc2ccccc2C=NC=Cc2cncn2C=CC=C1. The highest BCUT2D eigenvalue weighted by Crippen LogP contribution is 2.16. The summed E-state index contributed by atoms with van der Waals surface area (Å²) in [5.41, 5.74) is 3.04. The first kappa shape index (κ1) is 21.2. The Kier molecular flexibility index (Phi) is 8.31. The van der Waals surface area contributed by atoms with E-state index in [2.05, 4.69) is 21.0 Å². The maximum Gasteiger partial charge on any atom is 0.108 e. The van der Waals surface area contributed by atoms with Gasteiger partial charge in [0.05, 0.1) is 35.7 Å². The van der Waals surface area contributed by atoms with E-state index in [9.17, 15) is 5.26 Å². The zero-order valence-corrected chi connectivity index (χ0v) is 16.8. The maximum absolute atomic E-state index is 9.19. The number of fused-ring (bicyclic) bond motifs is 2. The molecular weight excluding hydrogens is 386 g/mol. The van der Waals surface area contributed by atoms with Crippen molar-refractivity contribution in [3.05, 3.63) is 109 Å². The van der Waals surface area contributed by atoms with E-state index < -0.39 is 0 Å². The van der Waals surface area contributed by atoms with Gasteiger partial charge in [-0.2, -0.15) is 5.26 Å². The van der Waals surface area contributed by atoms with Crippen molar-refractivity contribution in [1.29, 1.82) is 5.26 Å². The molecule has 0 N–H and O–H groups in total. The second kappa shape index (κ2) is 12.1. The van der Waals surface area contributed by atoms with Gasteiger partial charge in [0, 0.05) is 36.8 Å². The van der Waals surface area contributed by atoms with Gasteiger partial charge < -0.3 is 9.30 Å². The first-order chi connectivity index (χ1) is 15.4. The van der Waals surface area contributed by atoms with Crippen LogP contribution in [-0.2, 0) is 4.74 Å². The zero-order valence-electron chi connectivity index (χ0n) is 16.8. The molecular formula is C25H21N5O. The summed E-state index contributed by atoms with van der Waals surface area (Å²) in [5, 5.41) is 9.19. The molecule has 152 valence electrons. The number of nitrogens with zero attached hydrogens (tertiary/aromatic N) is 5. The van der Waals surface area contributed by atoms with Crippen molar-refractivity contribution >= 4 is 30.4 Å². The molecule has 0 spiro atoms. The quantitative estimate of drug-likeness (QED) is 0.570. The molecule has 6 nitrogen and oxygen atoms in total. The predicted octanol–water partition coefficient (Wildman–Crippen LogP) is 5.60. The van der Waals surface area contributed by atoms with Crippen molar-refractivity contribution in [3.8, 4) is 6.07 Å². The van der Waals surface area contributed by atoms with Gasteiger partial charge in [-0.3, -0.25) is 9.98 Å². The fourth-order valence-corrected chi connectivity index (χ4v) is 2.50. The van der Waals surface area contributed by atoms with Crippen molar-refractivity contribution in [3.63, 3.8) is 0 Å². The third kappa shape index (κ3) is 7.11. The number of nitriles is 1. The Morgan fingerprint density at radius 3 is 2.94 bits per heavy atom. The lowest BCUT2D eigenvalue weighted by atomic mass is 10.2. The molecule has 2 heterocycles. The highest BCUT2D eigenvalue weighted by molar-refractivity contribution is 5.88. The number of benzene rings is 1. The van der Waals surface area contributed by atoms with Crippen molar-refractivity contribution in [1.82, 2.24) is 9.55 Å². The molecule has 6 heteroatoms. The van der Waals surface area contributed by atoms with Crippen LogP contribution in [0.1, 0.15) is 17.7 Å². The van der Waals surface area contributed by atoms with Gasteiger partial charge >= 0.3 is 0 Å². The van der Waals surface area contributed by atoms with Gasteiger partial charge in [0.15, 0.2) is 0 Å². The van der Waals surface area contributed by atoms with E-state index >= 15 is 0 Å². The molecule has 1 aromatic heterocycles. The average Bonchev–Trinajstić information content (AvgIpc) is 3.24. The van der Waals surface area contributed by atoms with E-state index in [1.807, 2.05) is 65.6 Å². The van der Waals surface area contributed by atoms with Gasteiger partial charge in [-0.1, -0.05) is 36.4 Å². The molecule has 1 aromatic carbocycles. The van der Waals surface area contributed by atoms with E-state index in [0.717, 1.165) is 16.9 Å². The number of hydrogen-bond donors (Lipinski definition) is 0. The van der Waals surface area contributed by atoms with Gasteiger partial charge in [-0.15, -0.1) is 0 Å². The van der Waals surface area contributed by atoms with Gasteiger partial charge in [-0.05, 0) is 30.4 Å². The van der Waals surface area contributed by atoms with E-state index in [-0.39, 0.29) is 0 Å². The topological polar surface area (TPSA) is 75.6 Å². The minimum atomic E-state index is 0.395. The molecule has 1 aliphatic heterocycles. The molecule has 0 unspecified atom stereocenters. The van der Waals surface area contributed by atoms with Crippen molar-refractivity contribution in [2.45, 2.75) is 6.42 Å². The fourth-order valence-electron chi connectivity index (χ4n) is 2.50. The predicted molar refractivity (Wildman–Crippen MR) is 126 cm³/mol. The van der Waals surface area contributed by atoms with Crippen LogP contribution >= 0.6 is 0 Å². The number of para-hydroxylation sites is 1. The molecule has 0 radical (unpaired) electrons. The molecule has 0 saturated carbocycles. The average molecular weight is 407 g/mol. The Balaban J connectivity index is 1.86. The lowest BCUT2D eigenvalue weighted by Gasteiger charge is -1.98. The summed E-state index contributed by atoms with van der Waals surface area (Å²) in [4.78, 5) is 13.1. The summed E-state index contributed by atoms with van der Waals surface area (Å²) in [6.07, 6.45) is 26.8. The van der Waals surface area contributed by atoms with Gasteiger partial charge in [0.1, 0.15) is 12.3 Å². The first-order valence-corrected chi connectivity index (χ1v) is 9.62. The third-order valence-electron chi connectivity index (χ3n) is 4.01. The largest absolute Gasteiger partial charge is 0.471 e. The van der Waals surface area contributed by atoms with Crippen molar-refractivity contribution < 1.29 is 4.74 Å². The van der Waals surface area contributed by atoms with Gasteiger partial charge in [0.2, 0.25) is 0 Å². The van der Waals surface area contributed by atoms with Crippen LogP contribution in [0, 0.1) is 11.3 Å². The lowest BCUT2D eigenvalue weighted by molar-refractivity contribution is 0.401. The van der Waals surface area contributed by atoms with E-state index in [0.29, 0.717) is 12.0 Å². The molecule has 3 rings (SSSR count). The normalized spacial score (nSPS) is 14.5. The van der Waals surface area contributed by atoms with Crippen LogP contribution in [0.25, 0.3) is 12.3 Å². The lowest BCUT2D eigenvalue weighted by Crippen LogP contribution is -1.86. The Labute approximate surface area is 181 Å². The number of ether oxygens (including phenoxy) is 1. The van der Waals surface area contributed by atoms with Crippen LogP contribution in [0.3, 0.4) is 0 Å². The molecule has 0 aliphatic carbocycles. The summed E-state index contributed by atoms with van der Waals surface area (Å²) in [7, 11) is 0. The molecule has 2 aromatic rings. The standard InChI is InChI=1S/C25H21N5O/c26-17-22-9-5-7-15-30-21-28-19-24(30)12-14-27-18-23-10-3-4-11-25(23)29-13-6-1-2-8-16-31-20-22/h1-5,7-16,18-21H,6H2. The number of aliphatic imine (C=N–C) groups is 2. The van der Waals surface area contributed by atoms with Gasteiger partial charge in [-0.25, -0.2) is 4.98 Å². The number of rotatable bonds is 0. The number of allylic oxidation sites excluding steroid dienone is 7. The smallest absolute Gasteiger partial charge is 0.108 e. The molecule has 0 amide bonds. The molecule has 0 bridgehead atoms. The van der Waals surface area contributed by atoms with Crippen LogP contribution in [0.15, 0.2) is 108 Å². The highest BCUT2D eigenvalue weighted by atomic mass is 16.5. The number of hydrogen-bond acceptors (Lipinski definition) is 5. The fraction of sp³-hybridized carbons (Fsp3) is 0.0400. The monoisotopic (exact) mass is 407 g/mol. The van der Waals surface area contributed by atoms with Crippen LogP contribution in [-0.4, -0.2) is 22.0 Å². The highest BCUT2D eigenvalue weighted by Gasteiger charge is 1.96. The second-order valence-corrected chi connectivity index (χ2v) is 6.20. The number of aromatic nitrogens is 2. The molecule has 1 aliphatic rings. The Morgan fingerprint density at radius 1 is 1.06 bits per heavy atom. The summed E-state index contributed by atoms with van der Waals surface area (Å²) < 4.78 is 7.12. The second-order valence-electron chi connectivity index (χ2n) is 6.20. The third-order valence-corrected chi connectivity index (χ3v) is 4.01. The molecule has 0 saturated heterocycles. The van der Waals surface area contributed by atoms with Crippen LogP contribution in [0.2, 0.25) is 0 Å². The van der Waals surface area contributed by atoms with E-state index in [4.69, 9.17) is 4.74 Å². The minimum absolute atomic E-state index is 0.395. The van der Waals surface area contributed by atoms with Crippen LogP contribution in [0.5, 0.6) is 0 Å².